The SMILES string of the molecule is Cc1nc(NC(=O)c2ccc(F)cc2Br)sc1-c1nccn1C(F)F. The highest BCUT2D eigenvalue weighted by Gasteiger charge is 2.20. The summed E-state index contributed by atoms with van der Waals surface area (Å²) in [5.41, 5.74) is 0.691. The minimum Gasteiger partial charge on any atom is -0.298 e. The molecule has 0 spiro atoms. The molecular weight excluding hydrogens is 421 g/mol. The third-order valence-electron chi connectivity index (χ3n) is 3.27. The van der Waals surface area contributed by atoms with E-state index in [9.17, 15) is 18.0 Å². The van der Waals surface area contributed by atoms with Gasteiger partial charge in [0.15, 0.2) is 11.0 Å². The van der Waals surface area contributed by atoms with E-state index in [4.69, 9.17) is 0 Å². The molecule has 130 valence electrons. The number of halogens is 4. The Balaban J connectivity index is 1.88. The number of thiazole rings is 1. The highest BCUT2D eigenvalue weighted by molar-refractivity contribution is 9.10. The van der Waals surface area contributed by atoms with E-state index in [1.807, 2.05) is 0 Å². The van der Waals surface area contributed by atoms with Gasteiger partial charge in [-0.05, 0) is 41.1 Å². The number of anilines is 1. The van der Waals surface area contributed by atoms with Crippen molar-refractivity contribution in [2.45, 2.75) is 13.5 Å². The van der Waals surface area contributed by atoms with Gasteiger partial charge in [-0.15, -0.1) is 0 Å². The van der Waals surface area contributed by atoms with Crippen molar-refractivity contribution < 1.29 is 18.0 Å². The molecule has 0 saturated heterocycles. The lowest BCUT2D eigenvalue weighted by Gasteiger charge is -2.04. The molecule has 2 aromatic heterocycles. The van der Waals surface area contributed by atoms with Gasteiger partial charge < -0.3 is 0 Å². The van der Waals surface area contributed by atoms with Gasteiger partial charge in [-0.2, -0.15) is 8.78 Å². The summed E-state index contributed by atoms with van der Waals surface area (Å²) in [7, 11) is 0. The smallest absolute Gasteiger partial charge is 0.298 e. The predicted octanol–water partition coefficient (Wildman–Crippen LogP) is 4.86. The molecular formula is C15H10BrF3N4OS. The van der Waals surface area contributed by atoms with Crippen molar-refractivity contribution in [3.63, 3.8) is 0 Å². The lowest BCUT2D eigenvalue weighted by molar-refractivity contribution is 0.0720. The van der Waals surface area contributed by atoms with Crippen LogP contribution < -0.4 is 5.32 Å². The highest BCUT2D eigenvalue weighted by Crippen LogP contribution is 2.33. The van der Waals surface area contributed by atoms with Gasteiger partial charge in [0.25, 0.3) is 5.91 Å². The zero-order valence-corrected chi connectivity index (χ0v) is 15.0. The fraction of sp³-hybridized carbons (Fsp3) is 0.133. The first-order valence-electron chi connectivity index (χ1n) is 6.92. The molecule has 3 aromatic rings. The predicted molar refractivity (Wildman–Crippen MR) is 91.4 cm³/mol. The van der Waals surface area contributed by atoms with E-state index in [1.165, 1.54) is 24.5 Å². The molecule has 25 heavy (non-hydrogen) atoms. The number of imidazole rings is 1. The van der Waals surface area contributed by atoms with E-state index < -0.39 is 18.3 Å². The van der Waals surface area contributed by atoms with Crippen molar-refractivity contribution in [2.75, 3.05) is 5.32 Å². The van der Waals surface area contributed by atoms with Gasteiger partial charge in [-0.25, -0.2) is 14.4 Å². The highest BCUT2D eigenvalue weighted by atomic mass is 79.9. The number of benzene rings is 1. The topological polar surface area (TPSA) is 59.8 Å². The molecule has 0 unspecified atom stereocenters. The summed E-state index contributed by atoms with van der Waals surface area (Å²) in [6.45, 7) is -1.09. The van der Waals surface area contributed by atoms with Crippen LogP contribution in [0.4, 0.5) is 18.3 Å². The average molecular weight is 431 g/mol. The van der Waals surface area contributed by atoms with Crippen LogP contribution >= 0.6 is 27.3 Å². The second-order valence-corrected chi connectivity index (χ2v) is 6.80. The number of rotatable bonds is 4. The molecule has 1 amide bonds. The Morgan fingerprint density at radius 3 is 2.84 bits per heavy atom. The van der Waals surface area contributed by atoms with Gasteiger partial charge in [-0.3, -0.25) is 14.7 Å². The summed E-state index contributed by atoms with van der Waals surface area (Å²) in [5, 5.41) is 2.82. The molecule has 10 heteroatoms. The molecule has 0 aliphatic heterocycles. The van der Waals surface area contributed by atoms with Crippen molar-refractivity contribution in [1.82, 2.24) is 14.5 Å². The molecule has 0 radical (unpaired) electrons. The third-order valence-corrected chi connectivity index (χ3v) is 5.00. The first kappa shape index (κ1) is 17.6. The van der Waals surface area contributed by atoms with Crippen LogP contribution in [0.3, 0.4) is 0 Å². The number of carbonyl (C=O) groups is 1. The van der Waals surface area contributed by atoms with Crippen molar-refractivity contribution >= 4 is 38.3 Å². The lowest BCUT2D eigenvalue weighted by Crippen LogP contribution is -2.12. The summed E-state index contributed by atoms with van der Waals surface area (Å²) in [5.74, 6) is -0.896. The van der Waals surface area contributed by atoms with Crippen LogP contribution in [0.1, 0.15) is 22.6 Å². The molecule has 5 nitrogen and oxygen atoms in total. The summed E-state index contributed by atoms with van der Waals surface area (Å²) in [4.78, 5) is 20.8. The Kier molecular flexibility index (Phi) is 4.91. The first-order chi connectivity index (χ1) is 11.9. The van der Waals surface area contributed by atoms with E-state index in [2.05, 4.69) is 31.2 Å². The summed E-state index contributed by atoms with van der Waals surface area (Å²) in [6, 6.07) is 3.67. The van der Waals surface area contributed by atoms with Crippen LogP contribution in [0, 0.1) is 12.7 Å². The maximum atomic E-state index is 13.1. The molecule has 0 bridgehead atoms. The van der Waals surface area contributed by atoms with Gasteiger partial charge in [-0.1, -0.05) is 11.3 Å². The maximum Gasteiger partial charge on any atom is 0.320 e. The van der Waals surface area contributed by atoms with Crippen LogP contribution in [0.25, 0.3) is 10.7 Å². The standard InChI is InChI=1S/C15H10BrF3N4OS/c1-7-11(12-20-4-5-23(12)14(18)19)25-15(21-7)22-13(24)9-3-2-8(17)6-10(9)16/h2-6,14H,1H3,(H,21,22,24). The van der Waals surface area contributed by atoms with Gasteiger partial charge in [0.05, 0.1) is 16.1 Å². The molecule has 0 aliphatic rings. The second-order valence-electron chi connectivity index (χ2n) is 4.95. The molecule has 1 aromatic carbocycles. The van der Waals surface area contributed by atoms with Crippen LogP contribution in [0.5, 0.6) is 0 Å². The summed E-state index contributed by atoms with van der Waals surface area (Å²) in [6.07, 6.45) is 2.45. The van der Waals surface area contributed by atoms with Crippen molar-refractivity contribution in [3.05, 3.63) is 52.1 Å². The van der Waals surface area contributed by atoms with Crippen LogP contribution in [-0.2, 0) is 0 Å². The van der Waals surface area contributed by atoms with Crippen LogP contribution in [0.15, 0.2) is 35.1 Å². The fourth-order valence-electron chi connectivity index (χ4n) is 2.14. The zero-order chi connectivity index (χ0) is 18.1. The van der Waals surface area contributed by atoms with Gasteiger partial charge in [0.2, 0.25) is 0 Å². The number of hydrogen-bond acceptors (Lipinski definition) is 4. The number of carbonyl (C=O) groups excluding carboxylic acids is 1. The Morgan fingerprint density at radius 2 is 2.16 bits per heavy atom. The Hall–Kier alpha value is -2.20. The molecule has 0 aliphatic carbocycles. The minimum absolute atomic E-state index is 0.0773. The largest absolute Gasteiger partial charge is 0.320 e. The molecule has 0 saturated carbocycles. The number of nitrogens with zero attached hydrogens (tertiary/aromatic N) is 3. The first-order valence-corrected chi connectivity index (χ1v) is 8.53. The number of aromatic nitrogens is 3. The Morgan fingerprint density at radius 1 is 1.40 bits per heavy atom. The molecule has 0 atom stereocenters. The van der Waals surface area contributed by atoms with Gasteiger partial charge in [0, 0.05) is 16.9 Å². The Labute approximate surface area is 152 Å². The van der Waals surface area contributed by atoms with Crippen LogP contribution in [-0.4, -0.2) is 20.4 Å². The van der Waals surface area contributed by atoms with E-state index in [1.54, 1.807) is 6.92 Å². The number of amides is 1. The maximum absolute atomic E-state index is 13.1. The molecule has 0 fully saturated rings. The van der Waals surface area contributed by atoms with Crippen molar-refractivity contribution in [3.8, 4) is 10.7 Å². The third kappa shape index (κ3) is 3.59. The van der Waals surface area contributed by atoms with Gasteiger partial charge >= 0.3 is 6.55 Å². The van der Waals surface area contributed by atoms with Crippen LogP contribution in [0.2, 0.25) is 0 Å². The fourth-order valence-corrected chi connectivity index (χ4v) is 3.64. The molecule has 2 heterocycles. The minimum atomic E-state index is -2.73. The summed E-state index contributed by atoms with van der Waals surface area (Å²) < 4.78 is 40.1. The van der Waals surface area contributed by atoms with Gasteiger partial charge in [0.1, 0.15) is 5.82 Å². The number of hydrogen-bond donors (Lipinski definition) is 1. The van der Waals surface area contributed by atoms with E-state index in [0.717, 1.165) is 22.0 Å². The normalized spacial score (nSPS) is 11.1. The quantitative estimate of drug-likeness (QED) is 0.642. The van der Waals surface area contributed by atoms with E-state index in [0.29, 0.717) is 15.0 Å². The average Bonchev–Trinajstić information content (AvgIpc) is 3.13. The molecule has 1 N–H and O–H groups in total. The Bertz CT molecular complexity index is 941. The van der Waals surface area contributed by atoms with Crippen molar-refractivity contribution in [2.24, 2.45) is 0 Å². The monoisotopic (exact) mass is 430 g/mol. The van der Waals surface area contributed by atoms with E-state index >= 15 is 0 Å². The summed E-state index contributed by atoms with van der Waals surface area (Å²) >= 11 is 4.15. The zero-order valence-electron chi connectivity index (χ0n) is 12.6. The number of alkyl halides is 2. The lowest BCUT2D eigenvalue weighted by atomic mass is 10.2. The second kappa shape index (κ2) is 6.96. The van der Waals surface area contributed by atoms with E-state index in [-0.39, 0.29) is 16.5 Å². The number of nitrogens with one attached hydrogen (secondary N) is 1. The molecule has 3 rings (SSSR count). The van der Waals surface area contributed by atoms with Crippen molar-refractivity contribution in [1.29, 1.82) is 0 Å². The number of aryl methyl sites for hydroxylation is 1.